The average Bonchev–Trinajstić information content (AvgIpc) is 2.48. The van der Waals surface area contributed by atoms with Crippen LogP contribution in [0.2, 0.25) is 0 Å². The molecule has 0 bridgehead atoms. The molecule has 0 saturated heterocycles. The fourth-order valence-corrected chi connectivity index (χ4v) is 3.19. The zero-order chi connectivity index (χ0) is 18.0. The van der Waals surface area contributed by atoms with Crippen molar-refractivity contribution in [1.29, 1.82) is 0 Å². The lowest BCUT2D eigenvalue weighted by molar-refractivity contribution is -0.137. The molecule has 0 fully saturated rings. The van der Waals surface area contributed by atoms with E-state index < -0.39 is 21.8 Å². The Morgan fingerprint density at radius 1 is 1.08 bits per heavy atom. The zero-order valence-corrected chi connectivity index (χ0v) is 13.8. The first-order chi connectivity index (χ1) is 11.1. The number of alkyl halides is 3. The van der Waals surface area contributed by atoms with Crippen LogP contribution >= 0.6 is 0 Å². The Morgan fingerprint density at radius 3 is 2.21 bits per heavy atom. The number of hydrogen-bond donors (Lipinski definition) is 1. The van der Waals surface area contributed by atoms with Crippen molar-refractivity contribution in [3.05, 3.63) is 53.6 Å². The number of halogens is 3. The molecule has 24 heavy (non-hydrogen) atoms. The second-order valence-electron chi connectivity index (χ2n) is 5.04. The highest BCUT2D eigenvalue weighted by molar-refractivity contribution is 7.92. The Bertz CT molecular complexity index is 815. The maximum atomic E-state index is 12.5. The fraction of sp³-hybridized carbons (Fsp3) is 0.250. The minimum absolute atomic E-state index is 0.00310. The first kappa shape index (κ1) is 18.1. The van der Waals surface area contributed by atoms with Crippen LogP contribution in [0.3, 0.4) is 0 Å². The third-order valence-electron chi connectivity index (χ3n) is 3.22. The summed E-state index contributed by atoms with van der Waals surface area (Å²) >= 11 is 0. The molecule has 130 valence electrons. The van der Waals surface area contributed by atoms with Gasteiger partial charge in [0.25, 0.3) is 10.0 Å². The maximum absolute atomic E-state index is 12.5. The number of aryl methyl sites for hydroxylation is 1. The van der Waals surface area contributed by atoms with Crippen LogP contribution in [0.1, 0.15) is 18.1 Å². The first-order valence-corrected chi connectivity index (χ1v) is 8.55. The van der Waals surface area contributed by atoms with Crippen LogP contribution < -0.4 is 9.46 Å². The van der Waals surface area contributed by atoms with Crippen LogP contribution in [0.4, 0.5) is 18.9 Å². The Balaban J connectivity index is 2.23. The van der Waals surface area contributed by atoms with Gasteiger partial charge in [-0.2, -0.15) is 13.2 Å². The molecule has 0 aliphatic carbocycles. The SMILES string of the molecule is CCOc1ccc(S(=O)(=O)Nc2ccc(C(F)(F)F)cc2)cc1C. The number of anilines is 1. The van der Waals surface area contributed by atoms with Crippen molar-refractivity contribution < 1.29 is 26.3 Å². The molecule has 1 N–H and O–H groups in total. The summed E-state index contributed by atoms with van der Waals surface area (Å²) in [5.74, 6) is 0.575. The number of nitrogens with one attached hydrogen (secondary N) is 1. The Morgan fingerprint density at radius 2 is 1.71 bits per heavy atom. The van der Waals surface area contributed by atoms with Crippen molar-refractivity contribution in [2.45, 2.75) is 24.9 Å². The van der Waals surface area contributed by atoms with Gasteiger partial charge >= 0.3 is 6.18 Å². The predicted octanol–water partition coefficient (Wildman–Crippen LogP) is 4.21. The number of ether oxygens (including phenoxy) is 1. The highest BCUT2D eigenvalue weighted by atomic mass is 32.2. The molecular weight excluding hydrogens is 343 g/mol. The van der Waals surface area contributed by atoms with Gasteiger partial charge in [-0.15, -0.1) is 0 Å². The van der Waals surface area contributed by atoms with Gasteiger partial charge in [0.15, 0.2) is 0 Å². The van der Waals surface area contributed by atoms with Gasteiger partial charge in [0.05, 0.1) is 17.1 Å². The molecule has 0 atom stereocenters. The topological polar surface area (TPSA) is 55.4 Å². The fourth-order valence-electron chi connectivity index (χ4n) is 2.05. The molecule has 2 aromatic carbocycles. The summed E-state index contributed by atoms with van der Waals surface area (Å²) in [6, 6.07) is 8.15. The number of hydrogen-bond acceptors (Lipinski definition) is 3. The third kappa shape index (κ3) is 4.19. The minimum Gasteiger partial charge on any atom is -0.494 e. The lowest BCUT2D eigenvalue weighted by atomic mass is 10.2. The Kier molecular flexibility index (Phi) is 5.08. The summed E-state index contributed by atoms with van der Waals surface area (Å²) in [6.45, 7) is 3.98. The van der Waals surface area contributed by atoms with Crippen LogP contribution in [-0.4, -0.2) is 15.0 Å². The van der Waals surface area contributed by atoms with E-state index in [9.17, 15) is 21.6 Å². The molecule has 0 aliphatic heterocycles. The average molecular weight is 359 g/mol. The van der Waals surface area contributed by atoms with Crippen molar-refractivity contribution >= 4 is 15.7 Å². The number of rotatable bonds is 5. The second-order valence-corrected chi connectivity index (χ2v) is 6.72. The normalized spacial score (nSPS) is 12.0. The highest BCUT2D eigenvalue weighted by Crippen LogP contribution is 2.30. The minimum atomic E-state index is -4.47. The summed E-state index contributed by atoms with van der Waals surface area (Å²) in [4.78, 5) is 0.00310. The molecule has 0 radical (unpaired) electrons. The molecule has 0 unspecified atom stereocenters. The summed E-state index contributed by atoms with van der Waals surface area (Å²) in [5, 5.41) is 0. The van der Waals surface area contributed by atoms with Gasteiger partial charge in [-0.25, -0.2) is 8.42 Å². The van der Waals surface area contributed by atoms with Gasteiger partial charge in [-0.05, 0) is 61.9 Å². The maximum Gasteiger partial charge on any atom is 0.416 e. The van der Waals surface area contributed by atoms with Crippen LogP contribution in [-0.2, 0) is 16.2 Å². The van der Waals surface area contributed by atoms with E-state index in [0.29, 0.717) is 17.9 Å². The number of benzene rings is 2. The van der Waals surface area contributed by atoms with Crippen molar-refractivity contribution in [2.24, 2.45) is 0 Å². The van der Waals surface area contributed by atoms with E-state index in [1.165, 1.54) is 12.1 Å². The lowest BCUT2D eigenvalue weighted by Crippen LogP contribution is -2.13. The van der Waals surface area contributed by atoms with Crippen LogP contribution in [0.15, 0.2) is 47.4 Å². The van der Waals surface area contributed by atoms with Crippen molar-refractivity contribution in [1.82, 2.24) is 0 Å². The van der Waals surface area contributed by atoms with E-state index in [2.05, 4.69) is 4.72 Å². The zero-order valence-electron chi connectivity index (χ0n) is 13.0. The number of sulfonamides is 1. The van der Waals surface area contributed by atoms with Gasteiger partial charge < -0.3 is 4.74 Å². The van der Waals surface area contributed by atoms with Crippen molar-refractivity contribution in [3.8, 4) is 5.75 Å². The molecule has 0 aromatic heterocycles. The molecule has 0 heterocycles. The third-order valence-corrected chi connectivity index (χ3v) is 4.60. The van der Waals surface area contributed by atoms with Gasteiger partial charge in [0.2, 0.25) is 0 Å². The molecule has 8 heteroatoms. The van der Waals surface area contributed by atoms with Crippen LogP contribution in [0.5, 0.6) is 5.75 Å². The van der Waals surface area contributed by atoms with Gasteiger partial charge in [-0.3, -0.25) is 4.72 Å². The smallest absolute Gasteiger partial charge is 0.416 e. The summed E-state index contributed by atoms with van der Waals surface area (Å²) in [5.41, 5.74) is -0.149. The Hall–Kier alpha value is -2.22. The summed E-state index contributed by atoms with van der Waals surface area (Å²) in [7, 11) is -3.90. The van der Waals surface area contributed by atoms with E-state index in [0.717, 1.165) is 24.3 Å². The van der Waals surface area contributed by atoms with E-state index in [1.54, 1.807) is 13.0 Å². The lowest BCUT2D eigenvalue weighted by Gasteiger charge is -2.12. The van der Waals surface area contributed by atoms with Crippen LogP contribution in [0.25, 0.3) is 0 Å². The van der Waals surface area contributed by atoms with E-state index >= 15 is 0 Å². The Labute approximate surface area is 138 Å². The molecule has 0 saturated carbocycles. The molecule has 0 amide bonds. The molecule has 0 aliphatic rings. The summed E-state index contributed by atoms with van der Waals surface area (Å²) in [6.07, 6.45) is -4.47. The van der Waals surface area contributed by atoms with Crippen LogP contribution in [0, 0.1) is 6.92 Å². The second kappa shape index (κ2) is 6.72. The quantitative estimate of drug-likeness (QED) is 0.870. The molecule has 2 rings (SSSR count). The monoisotopic (exact) mass is 359 g/mol. The predicted molar refractivity (Wildman–Crippen MR) is 84.6 cm³/mol. The molecule has 2 aromatic rings. The van der Waals surface area contributed by atoms with Crippen molar-refractivity contribution in [3.63, 3.8) is 0 Å². The highest BCUT2D eigenvalue weighted by Gasteiger charge is 2.30. The molecular formula is C16H16F3NO3S. The van der Waals surface area contributed by atoms with Gasteiger partial charge in [0, 0.05) is 5.69 Å². The van der Waals surface area contributed by atoms with Gasteiger partial charge in [-0.1, -0.05) is 0 Å². The first-order valence-electron chi connectivity index (χ1n) is 7.07. The standard InChI is InChI=1S/C16H16F3NO3S/c1-3-23-15-9-8-14(10-11(15)2)24(21,22)20-13-6-4-12(5-7-13)16(17,18)19/h4-10,20H,3H2,1-2H3. The largest absolute Gasteiger partial charge is 0.494 e. The summed E-state index contributed by atoms with van der Waals surface area (Å²) < 4.78 is 69.8. The van der Waals surface area contributed by atoms with E-state index in [4.69, 9.17) is 4.74 Å². The van der Waals surface area contributed by atoms with E-state index in [-0.39, 0.29) is 10.6 Å². The molecule has 4 nitrogen and oxygen atoms in total. The van der Waals surface area contributed by atoms with Crippen molar-refractivity contribution in [2.75, 3.05) is 11.3 Å². The molecule has 0 spiro atoms. The van der Waals surface area contributed by atoms with Gasteiger partial charge in [0.1, 0.15) is 5.75 Å². The van der Waals surface area contributed by atoms with E-state index in [1.807, 2.05) is 6.92 Å².